The van der Waals surface area contributed by atoms with Gasteiger partial charge in [-0.1, -0.05) is 19.6 Å². The summed E-state index contributed by atoms with van der Waals surface area (Å²) in [6.07, 6.45) is 1.17. The van der Waals surface area contributed by atoms with Gasteiger partial charge in [-0.25, -0.2) is 9.37 Å². The molecule has 1 amide bonds. The van der Waals surface area contributed by atoms with Crippen LogP contribution in [0.5, 0.6) is 0 Å². The van der Waals surface area contributed by atoms with Crippen molar-refractivity contribution < 1.29 is 13.9 Å². The normalized spacial score (nSPS) is 17.2. The predicted molar refractivity (Wildman–Crippen MR) is 113 cm³/mol. The zero-order chi connectivity index (χ0) is 21.7. The Labute approximate surface area is 175 Å². The summed E-state index contributed by atoms with van der Waals surface area (Å²) in [5.41, 5.74) is 1.31. The minimum absolute atomic E-state index is 0.108. The lowest BCUT2D eigenvalue weighted by Gasteiger charge is -2.21. The van der Waals surface area contributed by atoms with Crippen LogP contribution in [-0.2, 0) is 21.5 Å². The molecule has 2 aliphatic heterocycles. The number of anilines is 1. The molecule has 4 heterocycles. The lowest BCUT2D eigenvalue weighted by atomic mass is 9.91. The number of carbonyl (C=O) groups is 1. The summed E-state index contributed by atoms with van der Waals surface area (Å²) in [4.78, 5) is 27.6. The van der Waals surface area contributed by atoms with Gasteiger partial charge >= 0.3 is 0 Å². The van der Waals surface area contributed by atoms with Gasteiger partial charge in [0.25, 0.3) is 0 Å². The summed E-state index contributed by atoms with van der Waals surface area (Å²) in [5.74, 6) is 0.0816. The van der Waals surface area contributed by atoms with Gasteiger partial charge in [0.05, 0.1) is 23.9 Å². The summed E-state index contributed by atoms with van der Waals surface area (Å²) < 4.78 is 19.5. The van der Waals surface area contributed by atoms with Crippen molar-refractivity contribution in [1.82, 2.24) is 20.2 Å². The molecular formula is C20H25FN6O2Si. The van der Waals surface area contributed by atoms with Crippen molar-refractivity contribution in [3.05, 3.63) is 40.9 Å². The van der Waals surface area contributed by atoms with Gasteiger partial charge in [-0.15, -0.1) is 10.2 Å². The second-order valence-electron chi connectivity index (χ2n) is 9.33. The van der Waals surface area contributed by atoms with E-state index >= 15 is 0 Å². The zero-order valence-corrected chi connectivity index (χ0v) is 18.9. The van der Waals surface area contributed by atoms with Crippen LogP contribution in [-0.4, -0.2) is 53.2 Å². The maximum atomic E-state index is 13.7. The number of aromatic nitrogens is 4. The Hall–Kier alpha value is -2.59. The van der Waals surface area contributed by atoms with Crippen LogP contribution in [0.1, 0.15) is 36.6 Å². The van der Waals surface area contributed by atoms with E-state index in [9.17, 15) is 9.18 Å². The minimum Gasteiger partial charge on any atom is -0.361 e. The quantitative estimate of drug-likeness (QED) is 0.519. The number of hydrogen-bond acceptors (Lipinski definition) is 7. The first-order valence-corrected chi connectivity index (χ1v) is 13.6. The highest BCUT2D eigenvalue weighted by atomic mass is 28.3. The molecule has 0 spiro atoms. The number of hydrogen-bond donors (Lipinski definition) is 0. The third-order valence-electron chi connectivity index (χ3n) is 5.30. The van der Waals surface area contributed by atoms with E-state index in [1.165, 1.54) is 17.2 Å². The Bertz CT molecular complexity index is 1050. The molecule has 0 bridgehead atoms. The highest BCUT2D eigenvalue weighted by Gasteiger charge is 2.47. The molecule has 0 N–H and O–H groups in total. The van der Waals surface area contributed by atoms with Crippen LogP contribution in [0.15, 0.2) is 17.3 Å². The number of pyridine rings is 1. The molecule has 30 heavy (non-hydrogen) atoms. The van der Waals surface area contributed by atoms with Gasteiger partial charge < -0.3 is 4.74 Å². The number of aliphatic imine (C=N–C) groups is 1. The van der Waals surface area contributed by atoms with Gasteiger partial charge in [-0.2, -0.15) is 0 Å². The van der Waals surface area contributed by atoms with Crippen molar-refractivity contribution in [3.63, 3.8) is 0 Å². The third kappa shape index (κ3) is 3.65. The van der Waals surface area contributed by atoms with Crippen LogP contribution in [0.25, 0.3) is 0 Å². The molecule has 0 aliphatic carbocycles. The highest BCUT2D eigenvalue weighted by molar-refractivity contribution is 6.76. The Kier molecular flexibility index (Phi) is 5.01. The van der Waals surface area contributed by atoms with Gasteiger partial charge in [0.2, 0.25) is 11.7 Å². The maximum absolute atomic E-state index is 13.7. The third-order valence-corrected chi connectivity index (χ3v) is 7.01. The number of rotatable bonds is 6. The maximum Gasteiger partial charge on any atom is 0.242 e. The second kappa shape index (κ2) is 7.27. The topological polar surface area (TPSA) is 93.5 Å². The van der Waals surface area contributed by atoms with Crippen LogP contribution in [0.3, 0.4) is 0 Å². The smallest absolute Gasteiger partial charge is 0.242 e. The molecule has 0 atom stereocenters. The molecule has 0 saturated carbocycles. The van der Waals surface area contributed by atoms with E-state index < -0.39 is 19.3 Å². The molecule has 0 aromatic carbocycles. The lowest BCUT2D eigenvalue weighted by Crippen LogP contribution is -2.38. The van der Waals surface area contributed by atoms with E-state index in [2.05, 4.69) is 44.8 Å². The molecule has 0 unspecified atom stereocenters. The van der Waals surface area contributed by atoms with Crippen molar-refractivity contribution in [2.24, 2.45) is 4.99 Å². The van der Waals surface area contributed by atoms with E-state index in [1.807, 2.05) is 0 Å². The van der Waals surface area contributed by atoms with E-state index in [0.717, 1.165) is 6.04 Å². The Morgan fingerprint density at radius 1 is 1.27 bits per heavy atom. The standard InChI is InChI=1S/C20H25FN6O2Si/c1-20(2)16-18(27(19(20)28)11-29-6-7-30(3,4)5)24-17(26-25-16)15-13-8-12(21)9-22-14(13)10-23-15/h8-9H,6-7,10-11H2,1-5H3. The van der Waals surface area contributed by atoms with Crippen molar-refractivity contribution in [1.29, 1.82) is 0 Å². The van der Waals surface area contributed by atoms with Crippen LogP contribution in [0.4, 0.5) is 10.2 Å². The Morgan fingerprint density at radius 2 is 2.03 bits per heavy atom. The first-order valence-electron chi connectivity index (χ1n) is 9.92. The molecule has 2 aliphatic rings. The fourth-order valence-electron chi connectivity index (χ4n) is 3.43. The summed E-state index contributed by atoms with van der Waals surface area (Å²) >= 11 is 0. The van der Waals surface area contributed by atoms with Crippen LogP contribution in [0, 0.1) is 5.82 Å². The molecule has 10 heteroatoms. The van der Waals surface area contributed by atoms with Crippen molar-refractivity contribution in [3.8, 4) is 0 Å². The minimum atomic E-state index is -1.23. The van der Waals surface area contributed by atoms with Gasteiger partial charge in [0, 0.05) is 20.2 Å². The fourth-order valence-corrected chi connectivity index (χ4v) is 4.19. The van der Waals surface area contributed by atoms with Gasteiger partial charge in [-0.3, -0.25) is 19.7 Å². The van der Waals surface area contributed by atoms with Gasteiger partial charge in [-0.05, 0) is 26.0 Å². The zero-order valence-electron chi connectivity index (χ0n) is 17.9. The molecule has 158 valence electrons. The highest BCUT2D eigenvalue weighted by Crippen LogP contribution is 2.38. The second-order valence-corrected chi connectivity index (χ2v) is 14.9. The average molecular weight is 429 g/mol. The fraction of sp³-hybridized carbons (Fsp3) is 0.500. The van der Waals surface area contributed by atoms with E-state index in [1.54, 1.807) is 13.8 Å². The number of carbonyl (C=O) groups excluding carboxylic acids is 1. The molecule has 2 aromatic heterocycles. The molecule has 0 radical (unpaired) electrons. The average Bonchev–Trinajstić information content (AvgIpc) is 3.16. The van der Waals surface area contributed by atoms with Crippen LogP contribution < -0.4 is 4.90 Å². The summed E-state index contributed by atoms with van der Waals surface area (Å²) in [5, 5.41) is 8.50. The van der Waals surface area contributed by atoms with E-state index in [4.69, 9.17) is 4.74 Å². The predicted octanol–water partition coefficient (Wildman–Crippen LogP) is 2.69. The molecule has 0 fully saturated rings. The number of nitrogens with zero attached hydrogens (tertiary/aromatic N) is 6. The van der Waals surface area contributed by atoms with Crippen molar-refractivity contribution in [2.45, 2.75) is 51.5 Å². The van der Waals surface area contributed by atoms with Crippen LogP contribution in [0.2, 0.25) is 25.7 Å². The first-order chi connectivity index (χ1) is 14.1. The monoisotopic (exact) mass is 428 g/mol. The van der Waals surface area contributed by atoms with Crippen molar-refractivity contribution in [2.75, 3.05) is 18.2 Å². The molecule has 0 saturated heterocycles. The Morgan fingerprint density at radius 3 is 2.77 bits per heavy atom. The number of amides is 1. The number of fused-ring (bicyclic) bond motifs is 2. The molecular weight excluding hydrogens is 403 g/mol. The molecule has 4 rings (SSSR count). The van der Waals surface area contributed by atoms with E-state index in [-0.39, 0.29) is 18.5 Å². The Balaban J connectivity index is 1.63. The SMILES string of the molecule is CC1(C)C(=O)N(COCC[Si](C)(C)C)c2nc(C3=NCc4ncc(F)cc43)nnc21. The first kappa shape index (κ1) is 20.7. The lowest BCUT2D eigenvalue weighted by molar-refractivity contribution is -0.123. The molecule has 8 nitrogen and oxygen atoms in total. The number of ether oxygens (including phenoxy) is 1. The summed E-state index contributed by atoms with van der Waals surface area (Å²) in [6.45, 7) is 11.5. The van der Waals surface area contributed by atoms with E-state index in [0.29, 0.717) is 41.6 Å². The van der Waals surface area contributed by atoms with Crippen molar-refractivity contribution >= 4 is 25.5 Å². The largest absolute Gasteiger partial charge is 0.361 e. The summed E-state index contributed by atoms with van der Waals surface area (Å²) in [6, 6.07) is 2.38. The number of halogens is 1. The van der Waals surface area contributed by atoms with Gasteiger partial charge in [0.1, 0.15) is 24.0 Å². The summed E-state index contributed by atoms with van der Waals surface area (Å²) in [7, 11) is -1.23. The van der Waals surface area contributed by atoms with Gasteiger partial charge in [0.15, 0.2) is 5.82 Å². The molecule has 2 aromatic rings. The van der Waals surface area contributed by atoms with Crippen LogP contribution >= 0.6 is 0 Å².